The fraction of sp³-hybridized carbons (Fsp3) is 0.462. The number of amides is 2. The molecule has 3 aliphatic rings. The molecule has 2 saturated heterocycles. The van der Waals surface area contributed by atoms with E-state index in [1.807, 2.05) is 29.2 Å². The first-order valence-corrected chi connectivity index (χ1v) is 11.4. The van der Waals surface area contributed by atoms with Gasteiger partial charge in [-0.15, -0.1) is 0 Å². The highest BCUT2D eigenvalue weighted by atomic mass is 16.5. The highest BCUT2D eigenvalue weighted by Crippen LogP contribution is 2.39. The van der Waals surface area contributed by atoms with Crippen LogP contribution >= 0.6 is 0 Å². The minimum atomic E-state index is -0.254. The van der Waals surface area contributed by atoms with E-state index >= 15 is 0 Å². The topological polar surface area (TPSA) is 49.9 Å². The summed E-state index contributed by atoms with van der Waals surface area (Å²) in [5, 5.41) is 0. The molecule has 5 heteroatoms. The van der Waals surface area contributed by atoms with Crippen molar-refractivity contribution in [2.24, 2.45) is 5.92 Å². The van der Waals surface area contributed by atoms with Crippen molar-refractivity contribution in [3.63, 3.8) is 0 Å². The number of carbonyl (C=O) groups is 2. The molecule has 1 atom stereocenters. The number of nitrogens with zero attached hydrogens (tertiary/aromatic N) is 2. The summed E-state index contributed by atoms with van der Waals surface area (Å²) >= 11 is 0. The lowest BCUT2D eigenvalue weighted by atomic mass is 9.83. The van der Waals surface area contributed by atoms with Crippen molar-refractivity contribution < 1.29 is 14.3 Å². The van der Waals surface area contributed by atoms with Crippen molar-refractivity contribution in [3.05, 3.63) is 59.2 Å². The van der Waals surface area contributed by atoms with Gasteiger partial charge in [0.15, 0.2) is 0 Å². The number of hydrogen-bond acceptors (Lipinski definition) is 3. The molecule has 0 aromatic heterocycles. The van der Waals surface area contributed by atoms with E-state index in [0.717, 1.165) is 42.7 Å². The van der Waals surface area contributed by atoms with E-state index in [2.05, 4.69) is 32.0 Å². The Morgan fingerprint density at radius 1 is 1.03 bits per heavy atom. The summed E-state index contributed by atoms with van der Waals surface area (Å²) in [5.74, 6) is 0.906. The van der Waals surface area contributed by atoms with Crippen LogP contribution in [0.3, 0.4) is 0 Å². The van der Waals surface area contributed by atoms with Gasteiger partial charge in [-0.1, -0.05) is 24.3 Å². The number of piperidine rings is 1. The molecular formula is C26H30N2O3. The lowest BCUT2D eigenvalue weighted by Crippen LogP contribution is -2.52. The minimum absolute atomic E-state index is 0.0438. The molecule has 0 radical (unpaired) electrons. The van der Waals surface area contributed by atoms with Gasteiger partial charge in [0.05, 0.1) is 5.92 Å². The molecule has 31 heavy (non-hydrogen) atoms. The normalized spacial score (nSPS) is 22.4. The second kappa shape index (κ2) is 7.70. The Kier molecular flexibility index (Phi) is 4.99. The molecule has 1 spiro atoms. The zero-order valence-electron chi connectivity index (χ0n) is 18.4. The van der Waals surface area contributed by atoms with Crippen LogP contribution in [0.1, 0.15) is 42.4 Å². The van der Waals surface area contributed by atoms with Crippen molar-refractivity contribution >= 4 is 17.5 Å². The maximum absolute atomic E-state index is 13.2. The lowest BCUT2D eigenvalue weighted by Gasteiger charge is -2.45. The number of ether oxygens (including phenoxy) is 1. The fourth-order valence-electron chi connectivity index (χ4n) is 5.22. The summed E-state index contributed by atoms with van der Waals surface area (Å²) in [6.45, 7) is 6.00. The molecule has 3 heterocycles. The van der Waals surface area contributed by atoms with Gasteiger partial charge in [0, 0.05) is 44.6 Å². The van der Waals surface area contributed by atoms with Gasteiger partial charge >= 0.3 is 0 Å². The molecule has 2 aromatic carbocycles. The molecule has 2 amide bonds. The smallest absolute Gasteiger partial charge is 0.228 e. The average molecular weight is 419 g/mol. The van der Waals surface area contributed by atoms with E-state index in [-0.39, 0.29) is 23.3 Å². The summed E-state index contributed by atoms with van der Waals surface area (Å²) in [6, 6.07) is 14.3. The number of para-hydroxylation sites is 1. The Morgan fingerprint density at radius 3 is 2.58 bits per heavy atom. The monoisotopic (exact) mass is 418 g/mol. The third kappa shape index (κ3) is 3.71. The van der Waals surface area contributed by atoms with Gasteiger partial charge in [0.2, 0.25) is 11.8 Å². The molecule has 2 aromatic rings. The quantitative estimate of drug-likeness (QED) is 0.740. The van der Waals surface area contributed by atoms with Gasteiger partial charge in [-0.2, -0.15) is 0 Å². The Bertz CT molecular complexity index is 1020. The van der Waals surface area contributed by atoms with Gasteiger partial charge in [0.1, 0.15) is 11.4 Å². The van der Waals surface area contributed by atoms with Gasteiger partial charge in [-0.05, 0) is 61.6 Å². The molecule has 2 fully saturated rings. The van der Waals surface area contributed by atoms with Gasteiger partial charge in [-0.3, -0.25) is 9.59 Å². The van der Waals surface area contributed by atoms with E-state index in [0.29, 0.717) is 26.1 Å². The molecule has 0 N–H and O–H groups in total. The first-order valence-electron chi connectivity index (χ1n) is 11.4. The number of carbonyl (C=O) groups excluding carboxylic acids is 2. The molecule has 3 aliphatic heterocycles. The van der Waals surface area contributed by atoms with Crippen LogP contribution in [0.2, 0.25) is 0 Å². The van der Waals surface area contributed by atoms with Crippen molar-refractivity contribution in [2.75, 3.05) is 24.5 Å². The first-order chi connectivity index (χ1) is 14.9. The van der Waals surface area contributed by atoms with Crippen LogP contribution in [0.4, 0.5) is 5.69 Å². The van der Waals surface area contributed by atoms with E-state index < -0.39 is 0 Å². The number of benzene rings is 2. The lowest BCUT2D eigenvalue weighted by molar-refractivity contribution is -0.139. The van der Waals surface area contributed by atoms with Crippen LogP contribution in [-0.2, 0) is 16.0 Å². The molecule has 5 rings (SSSR count). The number of aryl methyl sites for hydroxylation is 3. The largest absolute Gasteiger partial charge is 0.487 e. The predicted octanol–water partition coefficient (Wildman–Crippen LogP) is 4.04. The van der Waals surface area contributed by atoms with Gasteiger partial charge in [-0.25, -0.2) is 0 Å². The summed E-state index contributed by atoms with van der Waals surface area (Å²) in [7, 11) is 0. The zero-order chi connectivity index (χ0) is 21.6. The molecule has 162 valence electrons. The number of fused-ring (bicyclic) bond motifs is 1. The maximum atomic E-state index is 13.2. The Labute approximate surface area is 184 Å². The van der Waals surface area contributed by atoms with Gasteiger partial charge in [0.25, 0.3) is 0 Å². The molecule has 0 bridgehead atoms. The van der Waals surface area contributed by atoms with Crippen LogP contribution in [0, 0.1) is 19.8 Å². The van der Waals surface area contributed by atoms with Crippen LogP contribution in [0.5, 0.6) is 5.75 Å². The molecule has 5 nitrogen and oxygen atoms in total. The predicted molar refractivity (Wildman–Crippen MR) is 120 cm³/mol. The Hall–Kier alpha value is -2.82. The van der Waals surface area contributed by atoms with Crippen LogP contribution in [0.25, 0.3) is 0 Å². The van der Waals surface area contributed by atoms with E-state index in [4.69, 9.17) is 4.74 Å². The summed E-state index contributed by atoms with van der Waals surface area (Å²) < 4.78 is 6.43. The van der Waals surface area contributed by atoms with Crippen molar-refractivity contribution in [1.29, 1.82) is 0 Å². The average Bonchev–Trinajstić information content (AvgIpc) is 3.17. The summed E-state index contributed by atoms with van der Waals surface area (Å²) in [6.07, 6.45) is 4.06. The Morgan fingerprint density at radius 2 is 1.81 bits per heavy atom. The SMILES string of the molecule is Cc1ccc(N2CC(C(=O)N3CCC4(CCc5ccccc5O4)CC3)CC2=O)cc1C. The van der Waals surface area contributed by atoms with Crippen molar-refractivity contribution in [2.45, 2.75) is 51.6 Å². The number of hydrogen-bond donors (Lipinski definition) is 0. The zero-order valence-corrected chi connectivity index (χ0v) is 18.4. The van der Waals surface area contributed by atoms with Crippen molar-refractivity contribution in [1.82, 2.24) is 4.90 Å². The maximum Gasteiger partial charge on any atom is 0.228 e. The summed E-state index contributed by atoms with van der Waals surface area (Å²) in [5.41, 5.74) is 4.40. The second-order valence-corrected chi connectivity index (χ2v) is 9.39. The summed E-state index contributed by atoms with van der Waals surface area (Å²) in [4.78, 5) is 29.6. The molecular weight excluding hydrogens is 388 g/mol. The Balaban J connectivity index is 1.22. The second-order valence-electron chi connectivity index (χ2n) is 9.39. The van der Waals surface area contributed by atoms with E-state index in [1.54, 1.807) is 4.90 Å². The number of rotatable bonds is 2. The van der Waals surface area contributed by atoms with Crippen LogP contribution in [0.15, 0.2) is 42.5 Å². The van der Waals surface area contributed by atoms with E-state index in [9.17, 15) is 9.59 Å². The fourth-order valence-corrected chi connectivity index (χ4v) is 5.22. The highest BCUT2D eigenvalue weighted by Gasteiger charge is 2.43. The first kappa shape index (κ1) is 20.1. The number of likely N-dealkylation sites (tertiary alicyclic amines) is 1. The minimum Gasteiger partial charge on any atom is -0.487 e. The molecule has 0 aliphatic carbocycles. The third-order valence-corrected chi connectivity index (χ3v) is 7.41. The standard InChI is InChI=1S/C26H30N2O3/c1-18-7-8-22(15-19(18)2)28-17-21(16-24(28)29)25(30)27-13-11-26(12-14-27)10-9-20-5-3-4-6-23(20)31-26/h3-8,15,21H,9-14,16-17H2,1-2H3. The van der Waals surface area contributed by atoms with Crippen molar-refractivity contribution in [3.8, 4) is 5.75 Å². The van der Waals surface area contributed by atoms with Gasteiger partial charge < -0.3 is 14.5 Å². The van der Waals surface area contributed by atoms with Crippen LogP contribution in [-0.4, -0.2) is 41.9 Å². The van der Waals surface area contributed by atoms with Crippen LogP contribution < -0.4 is 9.64 Å². The van der Waals surface area contributed by atoms with E-state index in [1.165, 1.54) is 11.1 Å². The third-order valence-electron chi connectivity index (χ3n) is 7.41. The highest BCUT2D eigenvalue weighted by molar-refractivity contribution is 6.00. The molecule has 1 unspecified atom stereocenters. The molecule has 0 saturated carbocycles. The number of anilines is 1.